The molecule has 3 nitrogen and oxygen atoms in total. The second kappa shape index (κ2) is 7.01. The summed E-state index contributed by atoms with van der Waals surface area (Å²) in [4.78, 5) is 7.02. The molecule has 3 heteroatoms. The van der Waals surface area contributed by atoms with Gasteiger partial charge in [0, 0.05) is 30.7 Å². The Labute approximate surface area is 127 Å². The minimum absolute atomic E-state index is 0.696. The molecule has 1 fully saturated rings. The Morgan fingerprint density at radius 1 is 1.33 bits per heavy atom. The van der Waals surface area contributed by atoms with Crippen molar-refractivity contribution in [3.63, 3.8) is 0 Å². The highest BCUT2D eigenvalue weighted by molar-refractivity contribution is 5.78. The lowest BCUT2D eigenvalue weighted by Gasteiger charge is -2.25. The first kappa shape index (κ1) is 14.5. The second-order valence-electron chi connectivity index (χ2n) is 6.00. The van der Waals surface area contributed by atoms with E-state index >= 15 is 0 Å². The molecular formula is C18H25N3. The van der Waals surface area contributed by atoms with E-state index in [-0.39, 0.29) is 0 Å². The van der Waals surface area contributed by atoms with Crippen LogP contribution in [0.3, 0.4) is 0 Å². The van der Waals surface area contributed by atoms with Gasteiger partial charge in [0.1, 0.15) is 0 Å². The Kier molecular flexibility index (Phi) is 4.84. The van der Waals surface area contributed by atoms with Crippen LogP contribution in [0.15, 0.2) is 36.5 Å². The van der Waals surface area contributed by atoms with Crippen LogP contribution in [0.25, 0.3) is 10.9 Å². The average molecular weight is 283 g/mol. The molecule has 1 atom stereocenters. The first-order valence-corrected chi connectivity index (χ1v) is 8.15. The summed E-state index contributed by atoms with van der Waals surface area (Å²) in [7, 11) is 0. The van der Waals surface area contributed by atoms with Crippen molar-refractivity contribution < 1.29 is 0 Å². The number of likely N-dealkylation sites (tertiary alicyclic amines) is 1. The number of fused-ring (bicyclic) bond motifs is 1. The first-order valence-electron chi connectivity index (χ1n) is 8.15. The Bertz CT molecular complexity index is 581. The molecule has 0 aliphatic carbocycles. The number of nitrogens with zero attached hydrogens (tertiary/aromatic N) is 2. The van der Waals surface area contributed by atoms with Crippen molar-refractivity contribution in [2.45, 2.75) is 38.8 Å². The summed E-state index contributed by atoms with van der Waals surface area (Å²) in [5.74, 6) is 0. The van der Waals surface area contributed by atoms with Crippen molar-refractivity contribution in [1.29, 1.82) is 0 Å². The molecule has 3 rings (SSSR count). The second-order valence-corrected chi connectivity index (χ2v) is 6.00. The number of pyridine rings is 1. The van der Waals surface area contributed by atoms with Crippen molar-refractivity contribution in [2.24, 2.45) is 0 Å². The molecule has 1 N–H and O–H groups in total. The largest absolute Gasteiger partial charge is 0.315 e. The van der Waals surface area contributed by atoms with Crippen molar-refractivity contribution in [3.05, 3.63) is 42.1 Å². The van der Waals surface area contributed by atoms with Gasteiger partial charge >= 0.3 is 0 Å². The number of rotatable bonds is 6. The third kappa shape index (κ3) is 3.60. The van der Waals surface area contributed by atoms with Gasteiger partial charge in [-0.3, -0.25) is 9.88 Å². The van der Waals surface area contributed by atoms with Gasteiger partial charge in [-0.05, 0) is 56.1 Å². The lowest BCUT2D eigenvalue weighted by atomic mass is 10.1. The fourth-order valence-electron chi connectivity index (χ4n) is 3.24. The van der Waals surface area contributed by atoms with Gasteiger partial charge in [0.2, 0.25) is 0 Å². The molecule has 1 unspecified atom stereocenters. The first-order chi connectivity index (χ1) is 10.4. The highest BCUT2D eigenvalue weighted by Gasteiger charge is 2.23. The Morgan fingerprint density at radius 2 is 2.29 bits per heavy atom. The van der Waals surface area contributed by atoms with E-state index in [0.29, 0.717) is 6.04 Å². The van der Waals surface area contributed by atoms with Crippen LogP contribution in [-0.2, 0) is 6.54 Å². The molecule has 1 saturated heterocycles. The SMILES string of the molecule is CCCNCC1CCCN1Cc1ccc2ncccc2c1. The third-order valence-electron chi connectivity index (χ3n) is 4.36. The number of aromatic nitrogens is 1. The van der Waals surface area contributed by atoms with Crippen LogP contribution in [0.5, 0.6) is 0 Å². The predicted molar refractivity (Wildman–Crippen MR) is 88.3 cm³/mol. The molecule has 2 heterocycles. The molecular weight excluding hydrogens is 258 g/mol. The highest BCUT2D eigenvalue weighted by Crippen LogP contribution is 2.21. The van der Waals surface area contributed by atoms with E-state index in [1.807, 2.05) is 12.3 Å². The zero-order valence-electron chi connectivity index (χ0n) is 12.9. The van der Waals surface area contributed by atoms with Gasteiger partial charge in [-0.1, -0.05) is 19.1 Å². The van der Waals surface area contributed by atoms with E-state index in [4.69, 9.17) is 0 Å². The summed E-state index contributed by atoms with van der Waals surface area (Å²) < 4.78 is 0. The van der Waals surface area contributed by atoms with Crippen LogP contribution in [0.4, 0.5) is 0 Å². The Hall–Kier alpha value is -1.45. The zero-order chi connectivity index (χ0) is 14.5. The number of nitrogens with one attached hydrogen (secondary N) is 1. The van der Waals surface area contributed by atoms with Crippen LogP contribution in [0.1, 0.15) is 31.7 Å². The molecule has 112 valence electrons. The van der Waals surface area contributed by atoms with E-state index in [2.05, 4.69) is 46.4 Å². The fraction of sp³-hybridized carbons (Fsp3) is 0.500. The van der Waals surface area contributed by atoms with Crippen molar-refractivity contribution in [1.82, 2.24) is 15.2 Å². The molecule has 0 spiro atoms. The Morgan fingerprint density at radius 3 is 3.19 bits per heavy atom. The number of hydrogen-bond donors (Lipinski definition) is 1. The summed E-state index contributed by atoms with van der Waals surface area (Å²) >= 11 is 0. The summed E-state index contributed by atoms with van der Waals surface area (Å²) in [6.45, 7) is 6.77. The van der Waals surface area contributed by atoms with Crippen LogP contribution < -0.4 is 5.32 Å². The average Bonchev–Trinajstić information content (AvgIpc) is 2.95. The lowest BCUT2D eigenvalue weighted by molar-refractivity contribution is 0.239. The molecule has 0 radical (unpaired) electrons. The van der Waals surface area contributed by atoms with Gasteiger partial charge in [-0.25, -0.2) is 0 Å². The zero-order valence-corrected chi connectivity index (χ0v) is 12.9. The van der Waals surface area contributed by atoms with E-state index in [1.54, 1.807) is 0 Å². The predicted octanol–water partition coefficient (Wildman–Crippen LogP) is 3.20. The van der Waals surface area contributed by atoms with E-state index in [0.717, 1.165) is 25.2 Å². The topological polar surface area (TPSA) is 28.2 Å². The van der Waals surface area contributed by atoms with Gasteiger partial charge < -0.3 is 5.32 Å². The number of benzene rings is 1. The molecule has 1 aliphatic heterocycles. The molecule has 1 aromatic heterocycles. The molecule has 0 saturated carbocycles. The standard InChI is InChI=1S/C18H25N3/c1-2-9-19-13-17-6-4-11-21(17)14-15-7-8-18-16(12-15)5-3-10-20-18/h3,5,7-8,10,12,17,19H,2,4,6,9,11,13-14H2,1H3. The molecule has 0 amide bonds. The van der Waals surface area contributed by atoms with Crippen molar-refractivity contribution in [2.75, 3.05) is 19.6 Å². The van der Waals surface area contributed by atoms with Crippen LogP contribution in [-0.4, -0.2) is 35.6 Å². The summed E-state index contributed by atoms with van der Waals surface area (Å²) in [5.41, 5.74) is 2.49. The summed E-state index contributed by atoms with van der Waals surface area (Å²) in [5, 5.41) is 4.82. The van der Waals surface area contributed by atoms with E-state index < -0.39 is 0 Å². The third-order valence-corrected chi connectivity index (χ3v) is 4.36. The molecule has 1 aromatic carbocycles. The fourth-order valence-corrected chi connectivity index (χ4v) is 3.24. The quantitative estimate of drug-likeness (QED) is 0.825. The summed E-state index contributed by atoms with van der Waals surface area (Å²) in [6, 6.07) is 11.5. The Balaban J connectivity index is 1.66. The lowest BCUT2D eigenvalue weighted by Crippen LogP contribution is -2.37. The summed E-state index contributed by atoms with van der Waals surface area (Å²) in [6.07, 6.45) is 5.72. The maximum absolute atomic E-state index is 4.40. The van der Waals surface area contributed by atoms with Crippen LogP contribution >= 0.6 is 0 Å². The molecule has 0 bridgehead atoms. The molecule has 2 aromatic rings. The minimum atomic E-state index is 0.696. The molecule has 1 aliphatic rings. The van der Waals surface area contributed by atoms with Gasteiger partial charge in [0.05, 0.1) is 5.52 Å². The normalized spacial score (nSPS) is 19.4. The van der Waals surface area contributed by atoms with Crippen LogP contribution in [0.2, 0.25) is 0 Å². The molecule has 21 heavy (non-hydrogen) atoms. The maximum Gasteiger partial charge on any atom is 0.0702 e. The number of hydrogen-bond acceptors (Lipinski definition) is 3. The smallest absolute Gasteiger partial charge is 0.0702 e. The van der Waals surface area contributed by atoms with Gasteiger partial charge in [-0.2, -0.15) is 0 Å². The van der Waals surface area contributed by atoms with Gasteiger partial charge in [-0.15, -0.1) is 0 Å². The van der Waals surface area contributed by atoms with E-state index in [1.165, 1.54) is 36.8 Å². The maximum atomic E-state index is 4.40. The minimum Gasteiger partial charge on any atom is -0.315 e. The van der Waals surface area contributed by atoms with E-state index in [9.17, 15) is 0 Å². The van der Waals surface area contributed by atoms with Crippen LogP contribution in [0, 0.1) is 0 Å². The highest BCUT2D eigenvalue weighted by atomic mass is 15.2. The van der Waals surface area contributed by atoms with Gasteiger partial charge in [0.25, 0.3) is 0 Å². The van der Waals surface area contributed by atoms with Crippen molar-refractivity contribution in [3.8, 4) is 0 Å². The van der Waals surface area contributed by atoms with Gasteiger partial charge in [0.15, 0.2) is 0 Å². The van der Waals surface area contributed by atoms with Crippen molar-refractivity contribution >= 4 is 10.9 Å². The monoisotopic (exact) mass is 283 g/mol.